The molecule has 0 bridgehead atoms. The summed E-state index contributed by atoms with van der Waals surface area (Å²) in [5.41, 5.74) is 0.717. The van der Waals surface area contributed by atoms with Gasteiger partial charge < -0.3 is 0 Å². The highest BCUT2D eigenvalue weighted by Gasteiger charge is 2.16. The van der Waals surface area contributed by atoms with Crippen molar-refractivity contribution in [3.63, 3.8) is 0 Å². The van der Waals surface area contributed by atoms with Crippen molar-refractivity contribution < 1.29 is 9.72 Å². The number of carbonyl (C=O) groups is 1. The summed E-state index contributed by atoms with van der Waals surface area (Å²) < 4.78 is 0. The van der Waals surface area contributed by atoms with E-state index in [1.54, 1.807) is 12.1 Å². The van der Waals surface area contributed by atoms with Crippen molar-refractivity contribution in [2.75, 3.05) is 5.75 Å². The van der Waals surface area contributed by atoms with Crippen molar-refractivity contribution >= 4 is 23.2 Å². The molecule has 0 fully saturated rings. The summed E-state index contributed by atoms with van der Waals surface area (Å²) in [6, 6.07) is 6.03. The fourth-order valence-corrected chi connectivity index (χ4v) is 2.79. The first-order valence-electron chi connectivity index (χ1n) is 6.81. The molecule has 0 saturated carbocycles. The molecule has 2 aromatic rings. The van der Waals surface area contributed by atoms with E-state index in [0.717, 1.165) is 0 Å². The highest BCUT2D eigenvalue weighted by molar-refractivity contribution is 7.99. The van der Waals surface area contributed by atoms with Crippen LogP contribution in [-0.2, 0) is 4.79 Å². The average molecular weight is 328 g/mol. The third-order valence-corrected chi connectivity index (χ3v) is 4.15. The molecule has 1 aliphatic rings. The Morgan fingerprint density at radius 1 is 1.26 bits per heavy atom. The predicted molar refractivity (Wildman–Crippen MR) is 86.0 cm³/mol. The number of allylic oxidation sites excluding steroid dienone is 4. The number of non-ortho nitro benzene ring substituents is 1. The van der Waals surface area contributed by atoms with Gasteiger partial charge in [-0.15, -0.1) is 5.10 Å². The number of nitro groups is 1. The lowest BCUT2D eigenvalue weighted by Crippen LogP contribution is -2.10. The number of carbonyl (C=O) groups excluding carboxylic acids is 1. The maximum atomic E-state index is 11.9. The summed E-state index contributed by atoms with van der Waals surface area (Å²) in [5, 5.41) is 17.9. The van der Waals surface area contributed by atoms with Crippen molar-refractivity contribution in [1.29, 1.82) is 0 Å². The number of H-pyrrole nitrogens is 1. The molecule has 0 radical (unpaired) electrons. The van der Waals surface area contributed by atoms with E-state index in [9.17, 15) is 14.9 Å². The summed E-state index contributed by atoms with van der Waals surface area (Å²) in [7, 11) is 0. The lowest BCUT2D eigenvalue weighted by Gasteiger charge is -2.01. The monoisotopic (exact) mass is 328 g/mol. The molecular formula is C15H12N4O3S. The second-order valence-corrected chi connectivity index (χ2v) is 5.76. The van der Waals surface area contributed by atoms with Crippen LogP contribution in [0.2, 0.25) is 0 Å². The molecule has 8 heteroatoms. The number of nitrogens with zero attached hydrogens (tertiary/aromatic N) is 3. The number of ketones is 1. The molecule has 23 heavy (non-hydrogen) atoms. The van der Waals surface area contributed by atoms with Crippen LogP contribution in [0.25, 0.3) is 11.4 Å². The number of hydrogen-bond acceptors (Lipinski definition) is 6. The Labute approximate surface area is 135 Å². The first-order chi connectivity index (χ1) is 11.1. The smallest absolute Gasteiger partial charge is 0.269 e. The van der Waals surface area contributed by atoms with Crippen LogP contribution in [0.5, 0.6) is 0 Å². The molecule has 0 spiro atoms. The minimum Gasteiger partial charge on any atom is -0.298 e. The van der Waals surface area contributed by atoms with E-state index in [0.29, 0.717) is 16.5 Å². The van der Waals surface area contributed by atoms with Gasteiger partial charge in [0.2, 0.25) is 5.16 Å². The number of aromatic nitrogens is 3. The number of rotatable bonds is 6. The van der Waals surface area contributed by atoms with E-state index in [-0.39, 0.29) is 23.1 Å². The Bertz CT molecular complexity index is 783. The number of hydrogen-bond donors (Lipinski definition) is 1. The van der Waals surface area contributed by atoms with Gasteiger partial charge in [0.15, 0.2) is 11.6 Å². The van der Waals surface area contributed by atoms with Crippen LogP contribution in [-0.4, -0.2) is 31.6 Å². The van der Waals surface area contributed by atoms with Gasteiger partial charge in [0.1, 0.15) is 0 Å². The maximum Gasteiger partial charge on any atom is 0.269 e. The molecule has 0 unspecified atom stereocenters. The Kier molecular flexibility index (Phi) is 4.33. The molecule has 7 nitrogen and oxygen atoms in total. The number of aromatic amines is 1. The van der Waals surface area contributed by atoms with E-state index in [1.807, 2.05) is 24.3 Å². The van der Waals surface area contributed by atoms with Gasteiger partial charge in [-0.25, -0.2) is 4.98 Å². The lowest BCUT2D eigenvalue weighted by molar-refractivity contribution is -0.384. The summed E-state index contributed by atoms with van der Waals surface area (Å²) >= 11 is 1.26. The fraction of sp³-hybridized carbons (Fsp3) is 0.133. The Hall–Kier alpha value is -2.74. The van der Waals surface area contributed by atoms with Gasteiger partial charge in [0.05, 0.1) is 16.6 Å². The summed E-state index contributed by atoms with van der Waals surface area (Å²) in [5.74, 6) is 0.740. The van der Waals surface area contributed by atoms with Crippen LogP contribution in [0.15, 0.2) is 53.7 Å². The highest BCUT2D eigenvalue weighted by atomic mass is 32.2. The number of benzene rings is 1. The zero-order chi connectivity index (χ0) is 16.2. The molecule has 116 valence electrons. The molecule has 1 aromatic carbocycles. The number of nitrogens with one attached hydrogen (secondary N) is 1. The molecule has 1 aromatic heterocycles. The second kappa shape index (κ2) is 6.57. The zero-order valence-corrected chi connectivity index (χ0v) is 12.7. The van der Waals surface area contributed by atoms with Crippen molar-refractivity contribution in [2.45, 2.75) is 5.16 Å². The van der Waals surface area contributed by atoms with Gasteiger partial charge >= 0.3 is 0 Å². The molecule has 0 amide bonds. The van der Waals surface area contributed by atoms with Gasteiger partial charge in [-0.05, 0) is 12.1 Å². The normalized spacial score (nSPS) is 13.6. The second-order valence-electron chi connectivity index (χ2n) is 4.82. The van der Waals surface area contributed by atoms with Gasteiger partial charge in [0, 0.05) is 17.7 Å². The van der Waals surface area contributed by atoms with Crippen LogP contribution in [0.3, 0.4) is 0 Å². The first-order valence-corrected chi connectivity index (χ1v) is 7.80. The predicted octanol–water partition coefficient (Wildman–Crippen LogP) is 2.78. The van der Waals surface area contributed by atoms with Crippen LogP contribution in [0.4, 0.5) is 5.69 Å². The molecule has 1 aliphatic carbocycles. The van der Waals surface area contributed by atoms with E-state index < -0.39 is 4.92 Å². The van der Waals surface area contributed by atoms with Crippen molar-refractivity contribution in [3.05, 3.63) is 58.7 Å². The summed E-state index contributed by atoms with van der Waals surface area (Å²) in [6.45, 7) is 0. The van der Waals surface area contributed by atoms with Crippen LogP contribution < -0.4 is 0 Å². The Morgan fingerprint density at radius 3 is 2.61 bits per heavy atom. The molecule has 0 atom stereocenters. The minimum atomic E-state index is -0.455. The first kappa shape index (κ1) is 15.2. The summed E-state index contributed by atoms with van der Waals surface area (Å²) in [6.07, 6.45) is 7.41. The molecule has 0 saturated heterocycles. The van der Waals surface area contributed by atoms with Gasteiger partial charge in [0.25, 0.3) is 5.69 Å². The SMILES string of the molecule is O=C(CSc1n[nH]c(-c2ccc([N+](=O)[O-])cc2)n1)C1C=CC=C1. The number of thioether (sulfide) groups is 1. The zero-order valence-electron chi connectivity index (χ0n) is 11.9. The van der Waals surface area contributed by atoms with Crippen LogP contribution in [0.1, 0.15) is 0 Å². The van der Waals surface area contributed by atoms with E-state index in [2.05, 4.69) is 15.2 Å². The lowest BCUT2D eigenvalue weighted by atomic mass is 10.1. The third-order valence-electron chi connectivity index (χ3n) is 3.28. The third kappa shape index (κ3) is 3.54. The fourth-order valence-electron chi connectivity index (χ4n) is 2.06. The van der Waals surface area contributed by atoms with Crippen LogP contribution in [0, 0.1) is 16.0 Å². The summed E-state index contributed by atoms with van der Waals surface area (Å²) in [4.78, 5) is 26.4. The minimum absolute atomic E-state index is 0.0196. The Morgan fingerprint density at radius 2 is 1.96 bits per heavy atom. The van der Waals surface area contributed by atoms with Crippen molar-refractivity contribution in [2.24, 2.45) is 5.92 Å². The molecule has 0 aliphatic heterocycles. The van der Waals surface area contributed by atoms with Crippen molar-refractivity contribution in [1.82, 2.24) is 15.2 Å². The molecule has 1 heterocycles. The molecule has 3 rings (SSSR count). The van der Waals surface area contributed by atoms with Gasteiger partial charge in [-0.2, -0.15) is 0 Å². The van der Waals surface area contributed by atoms with E-state index in [4.69, 9.17) is 0 Å². The Balaban J connectivity index is 1.63. The van der Waals surface area contributed by atoms with Crippen molar-refractivity contribution in [3.8, 4) is 11.4 Å². The van der Waals surface area contributed by atoms with E-state index >= 15 is 0 Å². The van der Waals surface area contributed by atoms with Crippen LogP contribution >= 0.6 is 11.8 Å². The maximum absolute atomic E-state index is 11.9. The van der Waals surface area contributed by atoms with Gasteiger partial charge in [-0.3, -0.25) is 20.0 Å². The van der Waals surface area contributed by atoms with Gasteiger partial charge in [-0.1, -0.05) is 36.1 Å². The molecular weight excluding hydrogens is 316 g/mol. The quantitative estimate of drug-likeness (QED) is 0.497. The number of Topliss-reactive ketones (excluding diaryl/α,β-unsaturated/α-hetero) is 1. The van der Waals surface area contributed by atoms with E-state index in [1.165, 1.54) is 23.9 Å². The number of nitro benzene ring substituents is 1. The average Bonchev–Trinajstić information content (AvgIpc) is 3.24. The molecule has 1 N–H and O–H groups in total. The topological polar surface area (TPSA) is 102 Å². The highest BCUT2D eigenvalue weighted by Crippen LogP contribution is 2.22. The standard InChI is InChI=1S/C15H12N4O3S/c20-13(10-3-1-2-4-10)9-23-15-16-14(17-18-15)11-5-7-12(8-6-11)19(21)22/h1-8,10H,9H2,(H,16,17,18). The largest absolute Gasteiger partial charge is 0.298 e.